The smallest absolute Gasteiger partial charge is 0.306 e. The van der Waals surface area contributed by atoms with Crippen LogP contribution in [0, 0.1) is 11.7 Å². The molecule has 0 bridgehead atoms. The fourth-order valence-electron chi connectivity index (χ4n) is 2.55. The molecular formula is C16H20FNO4. The molecule has 6 heteroatoms. The van der Waals surface area contributed by atoms with E-state index >= 15 is 0 Å². The second-order valence-electron chi connectivity index (χ2n) is 5.38. The minimum Gasteiger partial charge on any atom is -0.481 e. The molecule has 0 spiro atoms. The predicted molar refractivity (Wildman–Crippen MR) is 78.0 cm³/mol. The first-order chi connectivity index (χ1) is 10.5. The van der Waals surface area contributed by atoms with Gasteiger partial charge in [0.2, 0.25) is 0 Å². The number of hydrogen-bond donors (Lipinski definition) is 1. The molecule has 5 nitrogen and oxygen atoms in total. The van der Waals surface area contributed by atoms with Gasteiger partial charge in [-0.15, -0.1) is 0 Å². The number of aliphatic carboxylic acids is 1. The lowest BCUT2D eigenvalue weighted by atomic mass is 9.96. The van der Waals surface area contributed by atoms with Gasteiger partial charge in [-0.1, -0.05) is 19.1 Å². The van der Waals surface area contributed by atoms with Crippen LogP contribution < -0.4 is 4.74 Å². The summed E-state index contributed by atoms with van der Waals surface area (Å²) in [6.07, 6.45) is 0.554. The number of rotatable bonds is 5. The van der Waals surface area contributed by atoms with Crippen molar-refractivity contribution >= 4 is 11.9 Å². The van der Waals surface area contributed by atoms with Crippen molar-refractivity contribution in [2.45, 2.75) is 32.3 Å². The van der Waals surface area contributed by atoms with E-state index in [9.17, 15) is 14.0 Å². The number of piperidine rings is 1. The lowest BCUT2D eigenvalue weighted by Gasteiger charge is -2.32. The molecule has 1 aliphatic rings. The molecule has 1 atom stereocenters. The zero-order valence-corrected chi connectivity index (χ0v) is 12.5. The summed E-state index contributed by atoms with van der Waals surface area (Å²) in [4.78, 5) is 25.0. The van der Waals surface area contributed by atoms with E-state index in [-0.39, 0.29) is 11.7 Å². The minimum absolute atomic E-state index is 0.0584. The first-order valence-corrected chi connectivity index (χ1v) is 7.45. The van der Waals surface area contributed by atoms with Crippen LogP contribution in [0.3, 0.4) is 0 Å². The number of carbonyl (C=O) groups is 2. The van der Waals surface area contributed by atoms with Crippen LogP contribution in [0.1, 0.15) is 26.2 Å². The summed E-state index contributed by atoms with van der Waals surface area (Å²) >= 11 is 0. The van der Waals surface area contributed by atoms with Crippen molar-refractivity contribution in [1.82, 2.24) is 4.90 Å². The predicted octanol–water partition coefficient (Wildman–Crippen LogP) is 2.31. The van der Waals surface area contributed by atoms with E-state index in [2.05, 4.69) is 0 Å². The third kappa shape index (κ3) is 3.75. The van der Waals surface area contributed by atoms with Gasteiger partial charge in [-0.3, -0.25) is 9.59 Å². The van der Waals surface area contributed by atoms with Gasteiger partial charge in [-0.25, -0.2) is 4.39 Å². The van der Waals surface area contributed by atoms with Gasteiger partial charge < -0.3 is 14.7 Å². The van der Waals surface area contributed by atoms with Crippen LogP contribution in [0.15, 0.2) is 24.3 Å². The highest BCUT2D eigenvalue weighted by Crippen LogP contribution is 2.22. The lowest BCUT2D eigenvalue weighted by Crippen LogP contribution is -2.46. The van der Waals surface area contributed by atoms with Gasteiger partial charge in [0.15, 0.2) is 17.7 Å². The number of amides is 1. The van der Waals surface area contributed by atoms with Crippen LogP contribution in [0.5, 0.6) is 5.75 Å². The number of ether oxygens (including phenoxy) is 1. The molecule has 0 radical (unpaired) electrons. The largest absolute Gasteiger partial charge is 0.481 e. The fraction of sp³-hybridized carbons (Fsp3) is 0.500. The van der Waals surface area contributed by atoms with E-state index in [0.29, 0.717) is 32.4 Å². The highest BCUT2D eigenvalue weighted by atomic mass is 19.1. The summed E-state index contributed by atoms with van der Waals surface area (Å²) in [6.45, 7) is 2.59. The Morgan fingerprint density at radius 3 is 2.55 bits per heavy atom. The quantitative estimate of drug-likeness (QED) is 0.906. The highest BCUT2D eigenvalue weighted by molar-refractivity contribution is 5.81. The Kier molecular flexibility index (Phi) is 5.35. The van der Waals surface area contributed by atoms with Crippen LogP contribution in [0.25, 0.3) is 0 Å². The van der Waals surface area contributed by atoms with Crippen molar-refractivity contribution in [1.29, 1.82) is 0 Å². The number of benzene rings is 1. The monoisotopic (exact) mass is 309 g/mol. The molecule has 1 heterocycles. The Hall–Kier alpha value is -2.11. The summed E-state index contributed by atoms with van der Waals surface area (Å²) in [5.41, 5.74) is 0. The first-order valence-electron chi connectivity index (χ1n) is 7.45. The van der Waals surface area contributed by atoms with Crippen molar-refractivity contribution in [3.8, 4) is 5.75 Å². The van der Waals surface area contributed by atoms with Gasteiger partial charge >= 0.3 is 5.97 Å². The summed E-state index contributed by atoms with van der Waals surface area (Å²) in [6, 6.07) is 5.97. The topological polar surface area (TPSA) is 66.8 Å². The average Bonchev–Trinajstić information content (AvgIpc) is 2.53. The Bertz CT molecular complexity index is 541. The number of para-hydroxylation sites is 1. The minimum atomic E-state index is -0.818. The zero-order chi connectivity index (χ0) is 16.1. The van der Waals surface area contributed by atoms with Crippen LogP contribution in [0.2, 0.25) is 0 Å². The average molecular weight is 309 g/mol. The number of nitrogens with zero attached hydrogens (tertiary/aromatic N) is 1. The number of carboxylic acids is 1. The molecule has 1 aromatic rings. The molecule has 1 aliphatic heterocycles. The molecule has 1 amide bonds. The number of carbonyl (C=O) groups excluding carboxylic acids is 1. The van der Waals surface area contributed by atoms with E-state index in [0.717, 1.165) is 0 Å². The van der Waals surface area contributed by atoms with Gasteiger partial charge in [0.1, 0.15) is 0 Å². The van der Waals surface area contributed by atoms with Crippen LogP contribution in [-0.2, 0) is 9.59 Å². The van der Waals surface area contributed by atoms with Crippen LogP contribution in [-0.4, -0.2) is 41.1 Å². The standard InChI is InChI=1S/C16H20FNO4/c1-2-13(22-14-6-4-3-5-12(14)17)15(19)18-9-7-11(8-10-18)16(20)21/h3-6,11,13H,2,7-10H2,1H3,(H,20,21). The SMILES string of the molecule is CCC(Oc1ccccc1F)C(=O)N1CCC(C(=O)O)CC1. The molecule has 120 valence electrons. The normalized spacial score (nSPS) is 17.1. The molecular weight excluding hydrogens is 289 g/mol. The number of hydrogen-bond acceptors (Lipinski definition) is 3. The Labute approximate surface area is 128 Å². The molecule has 1 N–H and O–H groups in total. The number of halogens is 1. The van der Waals surface area contributed by atoms with Crippen molar-refractivity contribution < 1.29 is 23.8 Å². The van der Waals surface area contributed by atoms with E-state index in [1.165, 1.54) is 12.1 Å². The van der Waals surface area contributed by atoms with Crippen LogP contribution >= 0.6 is 0 Å². The molecule has 0 aromatic heterocycles. The van der Waals surface area contributed by atoms with Crippen LogP contribution in [0.4, 0.5) is 4.39 Å². The maximum Gasteiger partial charge on any atom is 0.306 e. The van der Waals surface area contributed by atoms with Crippen molar-refractivity contribution in [3.05, 3.63) is 30.1 Å². The fourth-order valence-corrected chi connectivity index (χ4v) is 2.55. The van der Waals surface area contributed by atoms with E-state index in [1.807, 2.05) is 0 Å². The second kappa shape index (κ2) is 7.24. The summed E-state index contributed by atoms with van der Waals surface area (Å²) in [5.74, 6) is -1.87. The van der Waals surface area contributed by atoms with Gasteiger partial charge in [0.25, 0.3) is 5.91 Å². The zero-order valence-electron chi connectivity index (χ0n) is 12.5. The van der Waals surface area contributed by atoms with Gasteiger partial charge in [0, 0.05) is 13.1 Å². The summed E-state index contributed by atoms with van der Waals surface area (Å²) in [5, 5.41) is 8.97. The molecule has 1 fully saturated rings. The molecule has 1 unspecified atom stereocenters. The Morgan fingerprint density at radius 2 is 2.00 bits per heavy atom. The van der Waals surface area contributed by atoms with Gasteiger partial charge in [-0.2, -0.15) is 0 Å². The third-order valence-electron chi connectivity index (χ3n) is 3.91. The molecule has 1 aromatic carbocycles. The molecule has 0 aliphatic carbocycles. The van der Waals surface area contributed by atoms with E-state index < -0.39 is 23.8 Å². The maximum atomic E-state index is 13.6. The Balaban J connectivity index is 1.98. The number of likely N-dealkylation sites (tertiary alicyclic amines) is 1. The van der Waals surface area contributed by atoms with Gasteiger partial charge in [0.05, 0.1) is 5.92 Å². The second-order valence-corrected chi connectivity index (χ2v) is 5.38. The van der Waals surface area contributed by atoms with Crippen molar-refractivity contribution in [2.24, 2.45) is 5.92 Å². The van der Waals surface area contributed by atoms with Crippen molar-refractivity contribution in [3.63, 3.8) is 0 Å². The molecule has 1 saturated heterocycles. The Morgan fingerprint density at radius 1 is 1.36 bits per heavy atom. The summed E-state index contributed by atoms with van der Waals surface area (Å²) in [7, 11) is 0. The van der Waals surface area contributed by atoms with Crippen molar-refractivity contribution in [2.75, 3.05) is 13.1 Å². The molecule has 0 saturated carbocycles. The number of carboxylic acid groups (broad SMARTS) is 1. The van der Waals surface area contributed by atoms with E-state index in [4.69, 9.17) is 9.84 Å². The lowest BCUT2D eigenvalue weighted by molar-refractivity contribution is -0.147. The highest BCUT2D eigenvalue weighted by Gasteiger charge is 2.31. The van der Waals surface area contributed by atoms with E-state index in [1.54, 1.807) is 24.0 Å². The third-order valence-corrected chi connectivity index (χ3v) is 3.91. The van der Waals surface area contributed by atoms with Gasteiger partial charge in [-0.05, 0) is 31.4 Å². The summed E-state index contributed by atoms with van der Waals surface area (Å²) < 4.78 is 19.1. The molecule has 22 heavy (non-hydrogen) atoms. The first kappa shape index (κ1) is 16.3. The molecule has 2 rings (SSSR count). The maximum absolute atomic E-state index is 13.6.